The molecule has 3 saturated heterocycles. The summed E-state index contributed by atoms with van der Waals surface area (Å²) in [6, 6.07) is 0.285. The molecule has 0 aromatic heterocycles. The zero-order valence-electron chi connectivity index (χ0n) is 8.45. The van der Waals surface area contributed by atoms with Crippen LogP contribution in [0.5, 0.6) is 0 Å². The van der Waals surface area contributed by atoms with E-state index in [1.54, 1.807) is 0 Å². The molecule has 14 heavy (non-hydrogen) atoms. The highest BCUT2D eigenvalue weighted by atomic mass is 32.2. The Bertz CT molecular complexity index is 244. The maximum Gasteiger partial charge on any atom is 0.153 e. The van der Waals surface area contributed by atoms with E-state index in [0.717, 1.165) is 23.8 Å². The van der Waals surface area contributed by atoms with E-state index in [0.29, 0.717) is 11.7 Å². The standard InChI is InChI=1S/C11H17NOS/c13-11-8-3-5-12(6-4-8)10(11)7-14-9-1-2-9/h8-10H,1-7H2. The first-order valence-corrected chi connectivity index (χ1v) is 6.79. The molecule has 4 fully saturated rings. The lowest BCUT2D eigenvalue weighted by Crippen LogP contribution is -2.56. The summed E-state index contributed by atoms with van der Waals surface area (Å²) in [4.78, 5) is 14.4. The summed E-state index contributed by atoms with van der Waals surface area (Å²) in [5, 5.41) is 0.893. The van der Waals surface area contributed by atoms with Crippen molar-refractivity contribution >= 4 is 17.5 Å². The fraction of sp³-hybridized carbons (Fsp3) is 0.909. The molecule has 4 rings (SSSR count). The van der Waals surface area contributed by atoms with Crippen LogP contribution in [0.4, 0.5) is 0 Å². The van der Waals surface area contributed by atoms with Crippen LogP contribution < -0.4 is 0 Å². The molecule has 0 aromatic rings. The van der Waals surface area contributed by atoms with Gasteiger partial charge in [-0.2, -0.15) is 11.8 Å². The molecular weight excluding hydrogens is 194 g/mol. The Labute approximate surface area is 89.4 Å². The van der Waals surface area contributed by atoms with Gasteiger partial charge in [-0.05, 0) is 38.8 Å². The summed E-state index contributed by atoms with van der Waals surface area (Å²) in [5.41, 5.74) is 0. The Morgan fingerprint density at radius 2 is 1.93 bits per heavy atom. The molecule has 0 amide bonds. The number of rotatable bonds is 3. The van der Waals surface area contributed by atoms with Gasteiger partial charge in [-0.1, -0.05) is 0 Å². The highest BCUT2D eigenvalue weighted by Crippen LogP contribution is 2.37. The lowest BCUT2D eigenvalue weighted by atomic mass is 9.83. The highest BCUT2D eigenvalue weighted by molar-refractivity contribution is 8.00. The molecular formula is C11H17NOS. The molecule has 3 heterocycles. The van der Waals surface area contributed by atoms with Crippen LogP contribution in [0, 0.1) is 5.92 Å². The number of hydrogen-bond donors (Lipinski definition) is 0. The third-order valence-electron chi connectivity index (χ3n) is 3.72. The minimum atomic E-state index is 0.285. The SMILES string of the molecule is O=C1C2CCN(CC2)C1CSC1CC1. The predicted molar refractivity (Wildman–Crippen MR) is 58.6 cm³/mol. The monoisotopic (exact) mass is 211 g/mol. The van der Waals surface area contributed by atoms with Crippen LogP contribution in [0.3, 0.4) is 0 Å². The Balaban J connectivity index is 1.62. The number of thioether (sulfide) groups is 1. The van der Waals surface area contributed by atoms with Gasteiger partial charge in [-0.25, -0.2) is 0 Å². The van der Waals surface area contributed by atoms with E-state index in [9.17, 15) is 4.79 Å². The van der Waals surface area contributed by atoms with Crippen LogP contribution in [0.25, 0.3) is 0 Å². The molecule has 2 bridgehead atoms. The van der Waals surface area contributed by atoms with Crippen molar-refractivity contribution in [2.24, 2.45) is 5.92 Å². The zero-order valence-corrected chi connectivity index (χ0v) is 9.26. The molecule has 3 aliphatic heterocycles. The van der Waals surface area contributed by atoms with Gasteiger partial charge in [0.15, 0.2) is 5.78 Å². The van der Waals surface area contributed by atoms with Crippen molar-refractivity contribution in [2.75, 3.05) is 18.8 Å². The Morgan fingerprint density at radius 1 is 1.21 bits per heavy atom. The normalized spacial score (nSPS) is 41.7. The summed E-state index contributed by atoms with van der Waals surface area (Å²) in [7, 11) is 0. The van der Waals surface area contributed by atoms with E-state index >= 15 is 0 Å². The van der Waals surface area contributed by atoms with Crippen molar-refractivity contribution < 1.29 is 4.79 Å². The van der Waals surface area contributed by atoms with Crippen LogP contribution in [-0.4, -0.2) is 40.8 Å². The van der Waals surface area contributed by atoms with E-state index in [-0.39, 0.29) is 6.04 Å². The molecule has 1 aliphatic carbocycles. The first-order valence-electron chi connectivity index (χ1n) is 5.74. The van der Waals surface area contributed by atoms with E-state index in [4.69, 9.17) is 0 Å². The smallest absolute Gasteiger partial charge is 0.153 e. The number of carbonyl (C=O) groups excluding carboxylic acids is 1. The quantitative estimate of drug-likeness (QED) is 0.706. The maximum atomic E-state index is 12.0. The summed E-state index contributed by atoms with van der Waals surface area (Å²) in [6.07, 6.45) is 5.02. The van der Waals surface area contributed by atoms with Gasteiger partial charge in [0.2, 0.25) is 0 Å². The van der Waals surface area contributed by atoms with Crippen molar-refractivity contribution in [3.05, 3.63) is 0 Å². The van der Waals surface area contributed by atoms with Gasteiger partial charge in [0.25, 0.3) is 0 Å². The Morgan fingerprint density at radius 3 is 2.50 bits per heavy atom. The molecule has 78 valence electrons. The Hall–Kier alpha value is -0.0200. The summed E-state index contributed by atoms with van der Waals surface area (Å²) >= 11 is 2.03. The predicted octanol–water partition coefficient (Wildman–Crippen LogP) is 1.55. The topological polar surface area (TPSA) is 20.3 Å². The third-order valence-corrected chi connectivity index (χ3v) is 5.17. The molecule has 0 radical (unpaired) electrons. The van der Waals surface area contributed by atoms with Crippen molar-refractivity contribution in [1.82, 2.24) is 4.90 Å². The number of ketones is 1. The molecule has 0 spiro atoms. The molecule has 1 saturated carbocycles. The molecule has 0 aromatic carbocycles. The second-order valence-corrected chi connectivity index (χ2v) is 6.09. The number of Topliss-reactive ketones (excluding diaryl/α,β-unsaturated/α-hetero) is 1. The zero-order chi connectivity index (χ0) is 9.54. The van der Waals surface area contributed by atoms with Gasteiger partial charge in [0, 0.05) is 16.9 Å². The average molecular weight is 211 g/mol. The van der Waals surface area contributed by atoms with Gasteiger partial charge in [-0.3, -0.25) is 9.69 Å². The van der Waals surface area contributed by atoms with Gasteiger partial charge < -0.3 is 0 Å². The van der Waals surface area contributed by atoms with E-state index in [1.807, 2.05) is 11.8 Å². The number of nitrogens with zero attached hydrogens (tertiary/aromatic N) is 1. The minimum Gasteiger partial charge on any atom is -0.298 e. The lowest BCUT2D eigenvalue weighted by molar-refractivity contribution is -0.135. The van der Waals surface area contributed by atoms with Crippen molar-refractivity contribution in [2.45, 2.75) is 37.0 Å². The molecule has 1 atom stereocenters. The second kappa shape index (κ2) is 3.53. The fourth-order valence-electron chi connectivity index (χ4n) is 2.60. The lowest BCUT2D eigenvalue weighted by Gasteiger charge is -2.43. The van der Waals surface area contributed by atoms with Crippen LogP contribution >= 0.6 is 11.8 Å². The maximum absolute atomic E-state index is 12.0. The van der Waals surface area contributed by atoms with Gasteiger partial charge in [0.05, 0.1) is 6.04 Å². The van der Waals surface area contributed by atoms with E-state index in [2.05, 4.69) is 4.90 Å². The number of piperidine rings is 3. The molecule has 1 unspecified atom stereocenters. The Kier molecular flexibility index (Phi) is 2.32. The van der Waals surface area contributed by atoms with E-state index < -0.39 is 0 Å². The first kappa shape index (κ1) is 9.22. The van der Waals surface area contributed by atoms with E-state index in [1.165, 1.54) is 25.9 Å². The first-order chi connectivity index (χ1) is 6.84. The van der Waals surface area contributed by atoms with Gasteiger partial charge in [-0.15, -0.1) is 0 Å². The third kappa shape index (κ3) is 1.61. The van der Waals surface area contributed by atoms with Crippen molar-refractivity contribution in [3.8, 4) is 0 Å². The van der Waals surface area contributed by atoms with Crippen LogP contribution in [-0.2, 0) is 4.79 Å². The van der Waals surface area contributed by atoms with Gasteiger partial charge >= 0.3 is 0 Å². The van der Waals surface area contributed by atoms with Crippen LogP contribution in [0.2, 0.25) is 0 Å². The highest BCUT2D eigenvalue weighted by Gasteiger charge is 2.41. The average Bonchev–Trinajstić information content (AvgIpc) is 3.02. The molecule has 2 nitrogen and oxygen atoms in total. The fourth-order valence-corrected chi connectivity index (χ4v) is 3.90. The van der Waals surface area contributed by atoms with Crippen molar-refractivity contribution in [3.63, 3.8) is 0 Å². The van der Waals surface area contributed by atoms with Crippen LogP contribution in [0.1, 0.15) is 25.7 Å². The number of fused-ring (bicyclic) bond motifs is 3. The summed E-state index contributed by atoms with van der Waals surface area (Å²) < 4.78 is 0. The molecule has 3 heteroatoms. The van der Waals surface area contributed by atoms with Crippen molar-refractivity contribution in [1.29, 1.82) is 0 Å². The second-order valence-electron chi connectivity index (χ2n) is 4.76. The minimum absolute atomic E-state index is 0.285. The molecule has 0 N–H and O–H groups in total. The molecule has 4 aliphatic rings. The number of hydrogen-bond acceptors (Lipinski definition) is 3. The van der Waals surface area contributed by atoms with Gasteiger partial charge in [0.1, 0.15) is 0 Å². The number of carbonyl (C=O) groups is 1. The summed E-state index contributed by atoms with van der Waals surface area (Å²) in [5.74, 6) is 2.04. The summed E-state index contributed by atoms with van der Waals surface area (Å²) in [6.45, 7) is 2.35. The van der Waals surface area contributed by atoms with Crippen LogP contribution in [0.15, 0.2) is 0 Å². The largest absolute Gasteiger partial charge is 0.298 e.